The smallest absolute Gasteiger partial charge is 0.0709 e. The molecule has 2 aliphatic rings. The molecule has 8 aromatic rings. The van der Waals surface area contributed by atoms with Crippen LogP contribution in [-0.4, -0.2) is 4.98 Å². The maximum atomic E-state index is 4.91. The number of hydrogen-bond acceptors (Lipinski definition) is 2. The third-order valence-electron chi connectivity index (χ3n) is 11.6. The van der Waals surface area contributed by atoms with Gasteiger partial charge >= 0.3 is 0 Å². The molecule has 51 heavy (non-hydrogen) atoms. The lowest BCUT2D eigenvalue weighted by atomic mass is 9.82. The zero-order valence-electron chi connectivity index (χ0n) is 29.4. The minimum atomic E-state index is -0.105. The summed E-state index contributed by atoms with van der Waals surface area (Å²) in [5.74, 6) is 0. The summed E-state index contributed by atoms with van der Waals surface area (Å²) in [7, 11) is 0. The van der Waals surface area contributed by atoms with Crippen molar-refractivity contribution in [2.75, 3.05) is 4.90 Å². The van der Waals surface area contributed by atoms with Crippen LogP contribution >= 0.6 is 0 Å². The molecular weight excluding hydrogens is 617 g/mol. The monoisotopic (exact) mass is 654 g/mol. The number of benzene rings is 7. The number of hydrogen-bond donors (Lipinski definition) is 0. The maximum absolute atomic E-state index is 4.91. The molecule has 0 saturated heterocycles. The maximum Gasteiger partial charge on any atom is 0.0709 e. The molecule has 2 aliphatic carbocycles. The van der Waals surface area contributed by atoms with Gasteiger partial charge < -0.3 is 4.90 Å². The van der Waals surface area contributed by atoms with Crippen molar-refractivity contribution in [3.8, 4) is 33.5 Å². The topological polar surface area (TPSA) is 16.1 Å². The van der Waals surface area contributed by atoms with Gasteiger partial charge in [-0.05, 0) is 115 Å². The number of fused-ring (bicyclic) bond motifs is 8. The lowest BCUT2D eigenvalue weighted by Gasteiger charge is -2.29. The highest BCUT2D eigenvalue weighted by Crippen LogP contribution is 2.53. The van der Waals surface area contributed by atoms with Crippen molar-refractivity contribution in [2.24, 2.45) is 0 Å². The Morgan fingerprint density at radius 3 is 1.76 bits per heavy atom. The summed E-state index contributed by atoms with van der Waals surface area (Å²) in [6.07, 6.45) is 1.98. The summed E-state index contributed by atoms with van der Waals surface area (Å²) < 4.78 is 0. The van der Waals surface area contributed by atoms with E-state index >= 15 is 0 Å². The molecule has 0 fully saturated rings. The lowest BCUT2D eigenvalue weighted by molar-refractivity contribution is 0.660. The van der Waals surface area contributed by atoms with Crippen LogP contribution in [0.25, 0.3) is 55.1 Å². The number of pyridine rings is 1. The van der Waals surface area contributed by atoms with Crippen LogP contribution in [0.3, 0.4) is 0 Å². The van der Waals surface area contributed by atoms with Gasteiger partial charge in [0.05, 0.1) is 5.69 Å². The molecule has 1 aromatic heterocycles. The van der Waals surface area contributed by atoms with Crippen molar-refractivity contribution in [3.63, 3.8) is 0 Å². The van der Waals surface area contributed by atoms with Crippen molar-refractivity contribution in [1.29, 1.82) is 0 Å². The average molecular weight is 655 g/mol. The zero-order chi connectivity index (χ0) is 34.5. The molecule has 0 aliphatic heterocycles. The van der Waals surface area contributed by atoms with E-state index in [1.807, 2.05) is 6.20 Å². The number of nitrogens with zero attached hydrogens (tertiary/aromatic N) is 2. The van der Waals surface area contributed by atoms with Crippen molar-refractivity contribution < 1.29 is 0 Å². The normalized spacial score (nSPS) is 14.6. The molecule has 2 nitrogen and oxygen atoms in total. The molecular formula is C49H38N2. The molecule has 0 atom stereocenters. The van der Waals surface area contributed by atoms with Gasteiger partial charge in [-0.25, -0.2) is 0 Å². The van der Waals surface area contributed by atoms with Crippen LogP contribution in [0.15, 0.2) is 158 Å². The minimum absolute atomic E-state index is 0.0941. The van der Waals surface area contributed by atoms with Crippen LogP contribution in [0.1, 0.15) is 49.9 Å². The summed E-state index contributed by atoms with van der Waals surface area (Å²) in [4.78, 5) is 7.35. The van der Waals surface area contributed by atoms with Gasteiger partial charge in [-0.15, -0.1) is 0 Å². The van der Waals surface area contributed by atoms with Gasteiger partial charge in [-0.3, -0.25) is 4.98 Å². The largest absolute Gasteiger partial charge is 0.310 e. The summed E-state index contributed by atoms with van der Waals surface area (Å²) >= 11 is 0. The molecule has 0 amide bonds. The van der Waals surface area contributed by atoms with Gasteiger partial charge in [0.2, 0.25) is 0 Å². The Bertz CT molecular complexity index is 2710. The highest BCUT2D eigenvalue weighted by molar-refractivity contribution is 5.95. The Kier molecular flexibility index (Phi) is 6.30. The first-order valence-corrected chi connectivity index (χ1v) is 18.0. The van der Waals surface area contributed by atoms with E-state index in [-0.39, 0.29) is 10.8 Å². The van der Waals surface area contributed by atoms with E-state index in [9.17, 15) is 0 Å². The third-order valence-corrected chi connectivity index (χ3v) is 11.6. The predicted octanol–water partition coefficient (Wildman–Crippen LogP) is 13.1. The Hall–Kier alpha value is -5.99. The molecule has 0 bridgehead atoms. The molecule has 0 spiro atoms. The van der Waals surface area contributed by atoms with Crippen molar-refractivity contribution in [1.82, 2.24) is 4.98 Å². The van der Waals surface area contributed by atoms with E-state index in [0.29, 0.717) is 0 Å². The van der Waals surface area contributed by atoms with Crippen LogP contribution in [-0.2, 0) is 10.8 Å². The number of rotatable bonds is 4. The fraction of sp³-hybridized carbons (Fsp3) is 0.122. The first kappa shape index (κ1) is 29.9. The highest BCUT2D eigenvalue weighted by atomic mass is 15.1. The first-order valence-electron chi connectivity index (χ1n) is 18.0. The predicted molar refractivity (Wildman–Crippen MR) is 214 cm³/mol. The highest BCUT2D eigenvalue weighted by Gasteiger charge is 2.38. The van der Waals surface area contributed by atoms with Gasteiger partial charge in [0.25, 0.3) is 0 Å². The molecule has 0 N–H and O–H groups in total. The second-order valence-corrected chi connectivity index (χ2v) is 15.3. The van der Waals surface area contributed by atoms with Crippen LogP contribution in [0.5, 0.6) is 0 Å². The van der Waals surface area contributed by atoms with E-state index in [1.165, 1.54) is 60.7 Å². The molecule has 0 saturated carbocycles. The average Bonchev–Trinajstić information content (AvgIpc) is 3.52. The summed E-state index contributed by atoms with van der Waals surface area (Å²) in [5, 5.41) is 4.91. The molecule has 7 aromatic carbocycles. The van der Waals surface area contributed by atoms with Gasteiger partial charge in [-0.1, -0.05) is 125 Å². The fourth-order valence-electron chi connectivity index (χ4n) is 8.89. The number of anilines is 3. The molecule has 2 heteroatoms. The Morgan fingerprint density at radius 1 is 0.392 bits per heavy atom. The second-order valence-electron chi connectivity index (χ2n) is 15.3. The Labute approximate surface area is 299 Å². The van der Waals surface area contributed by atoms with Crippen LogP contribution < -0.4 is 4.90 Å². The van der Waals surface area contributed by atoms with Crippen LogP contribution in [0.2, 0.25) is 0 Å². The van der Waals surface area contributed by atoms with Gasteiger partial charge in [-0.2, -0.15) is 0 Å². The minimum Gasteiger partial charge on any atom is -0.310 e. The fourth-order valence-corrected chi connectivity index (χ4v) is 8.89. The molecule has 0 radical (unpaired) electrons. The van der Waals surface area contributed by atoms with Crippen molar-refractivity contribution in [2.45, 2.75) is 38.5 Å². The van der Waals surface area contributed by atoms with E-state index in [0.717, 1.165) is 33.7 Å². The SMILES string of the molecule is CC1(C)c2ccccc2-c2ccc(N(c3cccc(-c4cc5ccccc5cn4)c3)c3ccc4c(c3)-c3cc5ccccc5cc3C4(C)C)cc21. The van der Waals surface area contributed by atoms with Crippen LogP contribution in [0.4, 0.5) is 17.1 Å². The standard InChI is InChI=1S/C49H38N2/c1-48(2)43-19-10-9-18-39(43)40-22-20-38(29-46(40)48)51(36-17-11-16-34(24-36)47-27-33-14-7-8-15-35(33)30-50-47)37-21-23-44-42(28-37)41-25-31-12-5-6-13-32(31)26-45(41)49(44,3)4/h5-30H,1-4H3. The molecule has 10 rings (SSSR count). The summed E-state index contributed by atoms with van der Waals surface area (Å²) in [6, 6.07) is 56.1. The Morgan fingerprint density at radius 2 is 0.961 bits per heavy atom. The zero-order valence-corrected chi connectivity index (χ0v) is 29.4. The third kappa shape index (κ3) is 4.46. The number of aromatic nitrogens is 1. The molecule has 1 heterocycles. The van der Waals surface area contributed by atoms with Gasteiger partial charge in [0.15, 0.2) is 0 Å². The van der Waals surface area contributed by atoms with Crippen molar-refractivity contribution >= 4 is 38.6 Å². The van der Waals surface area contributed by atoms with Gasteiger partial charge in [0.1, 0.15) is 0 Å². The van der Waals surface area contributed by atoms with E-state index in [4.69, 9.17) is 4.98 Å². The first-order chi connectivity index (χ1) is 24.8. The van der Waals surface area contributed by atoms with Gasteiger partial charge in [0, 0.05) is 45.0 Å². The Balaban J connectivity index is 1.17. The van der Waals surface area contributed by atoms with Crippen LogP contribution in [0, 0.1) is 0 Å². The van der Waals surface area contributed by atoms with E-state index in [2.05, 4.69) is 184 Å². The summed E-state index contributed by atoms with van der Waals surface area (Å²) in [5.41, 5.74) is 16.1. The van der Waals surface area contributed by atoms with E-state index in [1.54, 1.807) is 0 Å². The van der Waals surface area contributed by atoms with E-state index < -0.39 is 0 Å². The molecule has 244 valence electrons. The van der Waals surface area contributed by atoms with Crippen molar-refractivity contribution in [3.05, 3.63) is 180 Å². The quantitative estimate of drug-likeness (QED) is 0.188. The second kappa shape index (κ2) is 10.8. The summed E-state index contributed by atoms with van der Waals surface area (Å²) in [6.45, 7) is 9.45. The lowest BCUT2D eigenvalue weighted by Crippen LogP contribution is -2.17. The molecule has 0 unspecified atom stereocenters.